The van der Waals surface area contributed by atoms with E-state index >= 15 is 0 Å². The highest BCUT2D eigenvalue weighted by atomic mass is 127. The Morgan fingerprint density at radius 1 is 1.67 bits per heavy atom. The molecule has 0 saturated heterocycles. The van der Waals surface area contributed by atoms with Gasteiger partial charge in [-0.2, -0.15) is 0 Å². The van der Waals surface area contributed by atoms with E-state index in [1.165, 1.54) is 0 Å². The maximum absolute atomic E-state index is 9.29. The average molecular weight is 329 g/mol. The molecule has 0 bridgehead atoms. The van der Waals surface area contributed by atoms with Crippen LogP contribution in [0.3, 0.4) is 0 Å². The van der Waals surface area contributed by atoms with Crippen molar-refractivity contribution in [3.63, 3.8) is 0 Å². The number of guanidine groups is 1. The average Bonchev–Trinajstić information content (AvgIpc) is 2.08. The number of nitrogens with one attached hydrogen (secondary N) is 1. The van der Waals surface area contributed by atoms with E-state index in [0.717, 1.165) is 5.96 Å². The molecular formula is C9H20IN3O2. The van der Waals surface area contributed by atoms with Crippen LogP contribution in [0.15, 0.2) is 4.99 Å². The highest BCUT2D eigenvalue weighted by Gasteiger charge is 2.16. The molecule has 0 spiro atoms. The number of aliphatic hydroxyl groups is 2. The Morgan fingerprint density at radius 2 is 2.33 bits per heavy atom. The van der Waals surface area contributed by atoms with Crippen LogP contribution in [0.4, 0.5) is 0 Å². The van der Waals surface area contributed by atoms with Crippen LogP contribution in [-0.2, 0) is 0 Å². The molecule has 1 heterocycles. The van der Waals surface area contributed by atoms with Gasteiger partial charge in [-0.05, 0) is 13.3 Å². The van der Waals surface area contributed by atoms with E-state index in [2.05, 4.69) is 10.3 Å². The zero-order valence-electron chi connectivity index (χ0n) is 9.18. The molecule has 15 heavy (non-hydrogen) atoms. The van der Waals surface area contributed by atoms with Gasteiger partial charge in [0.15, 0.2) is 5.96 Å². The van der Waals surface area contributed by atoms with Crippen molar-refractivity contribution in [3.8, 4) is 0 Å². The molecule has 0 saturated carbocycles. The van der Waals surface area contributed by atoms with Crippen LogP contribution in [0.25, 0.3) is 0 Å². The topological polar surface area (TPSA) is 68.1 Å². The van der Waals surface area contributed by atoms with Gasteiger partial charge in [0, 0.05) is 20.1 Å². The number of hydrogen-bond acceptors (Lipinski definition) is 5. The first-order chi connectivity index (χ1) is 6.59. The molecule has 0 aromatic heterocycles. The second-order valence-electron chi connectivity index (χ2n) is 3.76. The number of nitrogens with zero attached hydrogens (tertiary/aromatic N) is 2. The Labute approximate surface area is 108 Å². The summed E-state index contributed by atoms with van der Waals surface area (Å²) in [7, 11) is 1.89. The molecule has 6 heteroatoms. The molecule has 1 rings (SSSR count). The van der Waals surface area contributed by atoms with E-state index in [-0.39, 0.29) is 36.2 Å². The molecule has 2 atom stereocenters. The van der Waals surface area contributed by atoms with Gasteiger partial charge >= 0.3 is 0 Å². The summed E-state index contributed by atoms with van der Waals surface area (Å²) in [6.07, 6.45) is 0.0555. The Morgan fingerprint density at radius 3 is 2.87 bits per heavy atom. The third-order valence-corrected chi connectivity index (χ3v) is 2.14. The Hall–Kier alpha value is -0.0800. The van der Waals surface area contributed by atoms with Gasteiger partial charge in [0.05, 0.1) is 18.8 Å². The fraction of sp³-hybridized carbons (Fsp3) is 0.889. The maximum atomic E-state index is 9.29. The lowest BCUT2D eigenvalue weighted by Crippen LogP contribution is -2.47. The summed E-state index contributed by atoms with van der Waals surface area (Å²) in [4.78, 5) is 6.07. The minimum Gasteiger partial charge on any atom is -0.393 e. The Balaban J connectivity index is 0.00000196. The standard InChI is InChI=1S/C9H19N3O2.HI/c1-7(13)3-4-10-9-11-5-8(14)6-12(9)2;/h7-8,13-14H,3-6H2,1-2H3,(H,10,11);1H. The van der Waals surface area contributed by atoms with Crippen molar-refractivity contribution in [3.05, 3.63) is 0 Å². The van der Waals surface area contributed by atoms with E-state index in [4.69, 9.17) is 5.11 Å². The molecule has 90 valence electrons. The number of rotatable bonds is 3. The fourth-order valence-electron chi connectivity index (χ4n) is 1.36. The molecule has 0 fully saturated rings. The third-order valence-electron chi connectivity index (χ3n) is 2.14. The van der Waals surface area contributed by atoms with Crippen molar-refractivity contribution in [1.82, 2.24) is 10.2 Å². The largest absolute Gasteiger partial charge is 0.393 e. The molecule has 0 aromatic rings. The van der Waals surface area contributed by atoms with Crippen LogP contribution in [-0.4, -0.2) is 60.0 Å². The highest BCUT2D eigenvalue weighted by Crippen LogP contribution is 1.99. The van der Waals surface area contributed by atoms with Crippen molar-refractivity contribution >= 4 is 29.9 Å². The van der Waals surface area contributed by atoms with Gasteiger partial charge in [-0.25, -0.2) is 0 Å². The number of aliphatic imine (C=N–C) groups is 1. The molecule has 1 aliphatic heterocycles. The van der Waals surface area contributed by atoms with E-state index < -0.39 is 0 Å². The molecular weight excluding hydrogens is 309 g/mol. The number of hydrogen-bond donors (Lipinski definition) is 3. The van der Waals surface area contributed by atoms with Gasteiger partial charge < -0.3 is 20.4 Å². The zero-order chi connectivity index (χ0) is 10.6. The van der Waals surface area contributed by atoms with Crippen molar-refractivity contribution in [1.29, 1.82) is 0 Å². The molecule has 0 amide bonds. The lowest BCUT2D eigenvalue weighted by atomic mass is 10.3. The second kappa shape index (κ2) is 7.24. The Kier molecular flexibility index (Phi) is 7.20. The predicted octanol–water partition coefficient (Wildman–Crippen LogP) is -0.373. The van der Waals surface area contributed by atoms with Gasteiger partial charge in [-0.3, -0.25) is 4.99 Å². The second-order valence-corrected chi connectivity index (χ2v) is 3.76. The van der Waals surface area contributed by atoms with Gasteiger partial charge in [0.1, 0.15) is 0 Å². The van der Waals surface area contributed by atoms with Gasteiger partial charge in [-0.1, -0.05) is 0 Å². The van der Waals surface area contributed by atoms with E-state index in [1.807, 2.05) is 11.9 Å². The number of aliphatic hydroxyl groups excluding tert-OH is 2. The van der Waals surface area contributed by atoms with Crippen molar-refractivity contribution < 1.29 is 10.2 Å². The summed E-state index contributed by atoms with van der Waals surface area (Å²) < 4.78 is 0. The first-order valence-electron chi connectivity index (χ1n) is 4.95. The molecule has 1 aliphatic rings. The van der Waals surface area contributed by atoms with Gasteiger partial charge in [0.2, 0.25) is 0 Å². The minimum atomic E-state index is -0.359. The van der Waals surface area contributed by atoms with Gasteiger partial charge in [-0.15, -0.1) is 24.0 Å². The lowest BCUT2D eigenvalue weighted by molar-refractivity contribution is 0.145. The minimum absolute atomic E-state index is 0. The number of likely N-dealkylation sites (N-methyl/N-ethyl adjacent to an activating group) is 1. The summed E-state index contributed by atoms with van der Waals surface area (Å²) in [6.45, 7) is 3.54. The van der Waals surface area contributed by atoms with E-state index in [1.54, 1.807) is 6.92 Å². The smallest absolute Gasteiger partial charge is 0.193 e. The fourth-order valence-corrected chi connectivity index (χ4v) is 1.36. The normalized spacial score (nSPS) is 22.8. The van der Waals surface area contributed by atoms with Crippen molar-refractivity contribution in [2.24, 2.45) is 4.99 Å². The van der Waals surface area contributed by atoms with E-state index in [0.29, 0.717) is 26.1 Å². The van der Waals surface area contributed by atoms with Crippen LogP contribution in [0.1, 0.15) is 13.3 Å². The summed E-state index contributed by atoms with van der Waals surface area (Å²) in [5.74, 6) is 0.802. The summed E-state index contributed by atoms with van der Waals surface area (Å²) >= 11 is 0. The quantitative estimate of drug-likeness (QED) is 0.618. The van der Waals surface area contributed by atoms with Crippen LogP contribution in [0.2, 0.25) is 0 Å². The Bertz CT molecular complexity index is 212. The van der Waals surface area contributed by atoms with Crippen LogP contribution < -0.4 is 5.32 Å². The third kappa shape index (κ3) is 5.53. The first-order valence-corrected chi connectivity index (χ1v) is 4.95. The van der Waals surface area contributed by atoms with Crippen LogP contribution in [0, 0.1) is 0 Å². The van der Waals surface area contributed by atoms with Crippen molar-refractivity contribution in [2.45, 2.75) is 25.6 Å². The predicted molar refractivity (Wildman–Crippen MR) is 70.7 cm³/mol. The summed E-state index contributed by atoms with van der Waals surface area (Å²) in [5.41, 5.74) is 0. The number of β-amino-alcohol motifs (C(OH)–C–C–N with tert-alkyl or cyclic N) is 1. The lowest BCUT2D eigenvalue weighted by Gasteiger charge is -2.28. The molecule has 3 N–H and O–H groups in total. The van der Waals surface area contributed by atoms with Gasteiger partial charge in [0.25, 0.3) is 0 Å². The monoisotopic (exact) mass is 329 g/mol. The van der Waals surface area contributed by atoms with Crippen LogP contribution in [0.5, 0.6) is 0 Å². The molecule has 0 radical (unpaired) electrons. The molecule has 2 unspecified atom stereocenters. The summed E-state index contributed by atoms with van der Waals surface area (Å²) in [6, 6.07) is 0. The van der Waals surface area contributed by atoms with Crippen LogP contribution >= 0.6 is 24.0 Å². The first kappa shape index (κ1) is 14.9. The highest BCUT2D eigenvalue weighted by molar-refractivity contribution is 14.0. The maximum Gasteiger partial charge on any atom is 0.193 e. The molecule has 0 aromatic carbocycles. The van der Waals surface area contributed by atoms with E-state index in [9.17, 15) is 5.11 Å². The summed E-state index contributed by atoms with van der Waals surface area (Å²) in [5, 5.41) is 21.5. The SMILES string of the molecule is CC(O)CCNC1=NCC(O)CN1C.I. The van der Waals surface area contributed by atoms with Crippen molar-refractivity contribution in [2.75, 3.05) is 26.7 Å². The number of halogens is 1. The molecule has 0 aliphatic carbocycles. The molecule has 5 nitrogen and oxygen atoms in total. The zero-order valence-corrected chi connectivity index (χ0v) is 11.5.